The molecule has 10 rings (SSSR count). The average Bonchev–Trinajstić information content (AvgIpc) is 3.78. The molecule has 0 aliphatic carbocycles. The van der Waals surface area contributed by atoms with E-state index in [-0.39, 0.29) is 0 Å². The number of benzene rings is 5. The van der Waals surface area contributed by atoms with E-state index in [1.807, 2.05) is 24.7 Å². The van der Waals surface area contributed by atoms with Crippen molar-refractivity contribution in [1.29, 1.82) is 0 Å². The Bertz CT molecular complexity index is 2710. The van der Waals surface area contributed by atoms with Crippen molar-refractivity contribution in [2.24, 2.45) is 0 Å². The first-order chi connectivity index (χ1) is 21.4. The summed E-state index contributed by atoms with van der Waals surface area (Å²) in [6.07, 6.45) is 5.76. The molecule has 10 aromatic rings. The predicted molar refractivity (Wildman–Crippen MR) is 177 cm³/mol. The second kappa shape index (κ2) is 8.30. The lowest BCUT2D eigenvalue weighted by Crippen LogP contribution is -1.97. The molecule has 0 unspecified atom stereocenters. The van der Waals surface area contributed by atoms with Crippen LogP contribution in [-0.4, -0.2) is 23.5 Å². The maximum absolute atomic E-state index is 4.83. The number of aromatic nitrogens is 5. The molecule has 0 radical (unpaired) electrons. The van der Waals surface area contributed by atoms with Crippen LogP contribution >= 0.6 is 0 Å². The molecule has 0 aliphatic heterocycles. The summed E-state index contributed by atoms with van der Waals surface area (Å²) in [5.41, 5.74) is 9.94. The molecule has 200 valence electrons. The van der Waals surface area contributed by atoms with Crippen molar-refractivity contribution >= 4 is 71.1 Å². The molecule has 0 amide bonds. The SMILES string of the molecule is c1ccc(-n2c3ccccc3c3c4c5ccc6c(c7cccnc7c7nccn67)c5n(-c5ccccc5)c4ccc32)cc1. The minimum absolute atomic E-state index is 0.873. The van der Waals surface area contributed by atoms with Crippen LogP contribution in [0.4, 0.5) is 0 Å². The van der Waals surface area contributed by atoms with Crippen LogP contribution in [0.15, 0.2) is 140 Å². The molecule has 43 heavy (non-hydrogen) atoms. The van der Waals surface area contributed by atoms with Crippen LogP contribution in [0.5, 0.6) is 0 Å². The first kappa shape index (κ1) is 22.7. The molecule has 0 aliphatic rings. The number of para-hydroxylation sites is 3. The van der Waals surface area contributed by atoms with Crippen molar-refractivity contribution in [2.45, 2.75) is 0 Å². The number of pyridine rings is 2. The van der Waals surface area contributed by atoms with Gasteiger partial charge < -0.3 is 9.13 Å². The number of hydrogen-bond acceptors (Lipinski definition) is 2. The summed E-state index contributed by atoms with van der Waals surface area (Å²) < 4.78 is 7.01. The fraction of sp³-hybridized carbons (Fsp3) is 0. The Morgan fingerprint density at radius 3 is 1.88 bits per heavy atom. The number of hydrogen-bond donors (Lipinski definition) is 0. The van der Waals surface area contributed by atoms with E-state index in [2.05, 4.69) is 129 Å². The molecular weight excluding hydrogens is 526 g/mol. The van der Waals surface area contributed by atoms with Gasteiger partial charge in [0, 0.05) is 62.3 Å². The largest absolute Gasteiger partial charge is 0.309 e. The number of imidazole rings is 1. The predicted octanol–water partition coefficient (Wildman–Crippen LogP) is 9.23. The third kappa shape index (κ3) is 2.90. The fourth-order valence-electron chi connectivity index (χ4n) is 7.27. The standard InChI is InChI=1S/C38H23N5/c1-3-10-24(11-4-1)42-29-16-8-7-14-26(29)33-31(42)19-20-32-34(33)28-17-18-30-35(37(28)43(32)25-12-5-2-6-13-25)27-15-9-21-39-36(27)38-40-22-23-41(30)38/h1-23H. The highest BCUT2D eigenvalue weighted by Gasteiger charge is 2.23. The molecule has 0 N–H and O–H groups in total. The van der Waals surface area contributed by atoms with Crippen LogP contribution in [0, 0.1) is 0 Å². The van der Waals surface area contributed by atoms with Gasteiger partial charge in [-0.2, -0.15) is 0 Å². The smallest absolute Gasteiger partial charge is 0.163 e. The van der Waals surface area contributed by atoms with Crippen molar-refractivity contribution < 1.29 is 0 Å². The molecule has 0 atom stereocenters. The lowest BCUT2D eigenvalue weighted by atomic mass is 10.0. The summed E-state index contributed by atoms with van der Waals surface area (Å²) in [4.78, 5) is 9.52. The number of nitrogens with zero attached hydrogens (tertiary/aromatic N) is 5. The van der Waals surface area contributed by atoms with Crippen LogP contribution in [0.25, 0.3) is 82.4 Å². The van der Waals surface area contributed by atoms with E-state index in [1.54, 1.807) is 0 Å². The summed E-state index contributed by atoms with van der Waals surface area (Å²) >= 11 is 0. The molecule has 0 saturated carbocycles. The molecule has 5 nitrogen and oxygen atoms in total. The molecule has 0 fully saturated rings. The van der Waals surface area contributed by atoms with Gasteiger partial charge in [0.2, 0.25) is 0 Å². The fourth-order valence-corrected chi connectivity index (χ4v) is 7.27. The van der Waals surface area contributed by atoms with Crippen molar-refractivity contribution in [2.75, 3.05) is 0 Å². The maximum Gasteiger partial charge on any atom is 0.163 e. The van der Waals surface area contributed by atoms with Gasteiger partial charge in [0.05, 0.1) is 27.6 Å². The maximum atomic E-state index is 4.83. The molecular formula is C38H23N5. The highest BCUT2D eigenvalue weighted by molar-refractivity contribution is 6.33. The first-order valence-electron chi connectivity index (χ1n) is 14.5. The third-order valence-electron chi connectivity index (χ3n) is 8.92. The Hall–Kier alpha value is -5.94. The highest BCUT2D eigenvalue weighted by Crippen LogP contribution is 2.45. The van der Waals surface area contributed by atoms with Crippen LogP contribution < -0.4 is 0 Å². The Morgan fingerprint density at radius 1 is 0.419 bits per heavy atom. The molecule has 5 aromatic carbocycles. The van der Waals surface area contributed by atoms with Crippen molar-refractivity contribution in [1.82, 2.24) is 23.5 Å². The summed E-state index contributed by atoms with van der Waals surface area (Å²) in [6, 6.07) is 43.5. The van der Waals surface area contributed by atoms with Gasteiger partial charge in [-0.25, -0.2) is 4.98 Å². The normalized spacial score (nSPS) is 12.2. The van der Waals surface area contributed by atoms with Gasteiger partial charge in [-0.3, -0.25) is 9.38 Å². The molecule has 5 aromatic heterocycles. The number of fused-ring (bicyclic) bond motifs is 14. The van der Waals surface area contributed by atoms with Crippen LogP contribution in [-0.2, 0) is 0 Å². The zero-order chi connectivity index (χ0) is 28.1. The van der Waals surface area contributed by atoms with E-state index in [1.165, 1.54) is 49.0 Å². The van der Waals surface area contributed by atoms with Gasteiger partial charge >= 0.3 is 0 Å². The Kier molecular flexibility index (Phi) is 4.39. The van der Waals surface area contributed by atoms with Crippen molar-refractivity contribution in [3.63, 3.8) is 0 Å². The minimum atomic E-state index is 0.873. The second-order valence-electron chi connectivity index (χ2n) is 11.1. The van der Waals surface area contributed by atoms with Crippen LogP contribution in [0.2, 0.25) is 0 Å². The molecule has 5 heteroatoms. The zero-order valence-electron chi connectivity index (χ0n) is 23.0. The monoisotopic (exact) mass is 549 g/mol. The van der Waals surface area contributed by atoms with Gasteiger partial charge in [-0.05, 0) is 54.6 Å². The molecule has 0 saturated heterocycles. The van der Waals surface area contributed by atoms with E-state index in [0.717, 1.165) is 33.4 Å². The van der Waals surface area contributed by atoms with Crippen LogP contribution in [0.1, 0.15) is 0 Å². The summed E-state index contributed by atoms with van der Waals surface area (Å²) in [5, 5.41) is 7.26. The lowest BCUT2D eigenvalue weighted by Gasteiger charge is -2.13. The Labute approximate surface area is 245 Å². The van der Waals surface area contributed by atoms with Gasteiger partial charge in [0.25, 0.3) is 0 Å². The zero-order valence-corrected chi connectivity index (χ0v) is 23.0. The van der Waals surface area contributed by atoms with Gasteiger partial charge in [0.1, 0.15) is 5.52 Å². The summed E-state index contributed by atoms with van der Waals surface area (Å²) in [6.45, 7) is 0. The van der Waals surface area contributed by atoms with Gasteiger partial charge in [-0.15, -0.1) is 0 Å². The van der Waals surface area contributed by atoms with E-state index in [9.17, 15) is 0 Å². The van der Waals surface area contributed by atoms with E-state index < -0.39 is 0 Å². The second-order valence-corrected chi connectivity index (χ2v) is 11.1. The van der Waals surface area contributed by atoms with E-state index >= 15 is 0 Å². The lowest BCUT2D eigenvalue weighted by molar-refractivity contribution is 1.17. The van der Waals surface area contributed by atoms with Crippen molar-refractivity contribution in [3.05, 3.63) is 140 Å². The van der Waals surface area contributed by atoms with Gasteiger partial charge in [-0.1, -0.05) is 66.7 Å². The number of rotatable bonds is 2. The Morgan fingerprint density at radius 2 is 1.07 bits per heavy atom. The first-order valence-corrected chi connectivity index (χ1v) is 14.5. The summed E-state index contributed by atoms with van der Waals surface area (Å²) in [7, 11) is 0. The van der Waals surface area contributed by atoms with E-state index in [0.29, 0.717) is 0 Å². The van der Waals surface area contributed by atoms with E-state index in [4.69, 9.17) is 9.97 Å². The Balaban J connectivity index is 1.52. The van der Waals surface area contributed by atoms with Gasteiger partial charge in [0.15, 0.2) is 5.65 Å². The quantitative estimate of drug-likeness (QED) is 0.202. The van der Waals surface area contributed by atoms with Crippen LogP contribution in [0.3, 0.4) is 0 Å². The topological polar surface area (TPSA) is 40.1 Å². The average molecular weight is 550 g/mol. The van der Waals surface area contributed by atoms with Crippen molar-refractivity contribution in [3.8, 4) is 11.4 Å². The molecule has 5 heterocycles. The third-order valence-corrected chi connectivity index (χ3v) is 8.92. The highest BCUT2D eigenvalue weighted by atomic mass is 15.0. The minimum Gasteiger partial charge on any atom is -0.309 e. The molecule has 0 spiro atoms. The molecule has 0 bridgehead atoms. The summed E-state index contributed by atoms with van der Waals surface area (Å²) in [5.74, 6) is 0.